The van der Waals surface area contributed by atoms with E-state index in [0.29, 0.717) is 11.3 Å². The highest BCUT2D eigenvalue weighted by Gasteiger charge is 2.22. The Kier molecular flexibility index (Phi) is 2.90. The van der Waals surface area contributed by atoms with Crippen LogP contribution >= 0.6 is 11.8 Å². The first kappa shape index (κ1) is 11.7. The number of nitriles is 1. The molecule has 4 nitrogen and oxygen atoms in total. The largest absolute Gasteiger partial charge is 0.335 e. The van der Waals surface area contributed by atoms with Gasteiger partial charge in [0, 0.05) is 18.3 Å². The Bertz CT molecular complexity index is 569. The molecule has 0 aliphatic carbocycles. The Morgan fingerprint density at radius 2 is 2.24 bits per heavy atom. The van der Waals surface area contributed by atoms with Crippen LogP contribution in [0.15, 0.2) is 16.6 Å². The second kappa shape index (κ2) is 4.22. The molecule has 5 heteroatoms. The van der Waals surface area contributed by atoms with Crippen LogP contribution in [0.3, 0.4) is 0 Å². The molecular weight excluding hydrogens is 232 g/mol. The van der Waals surface area contributed by atoms with Crippen LogP contribution in [0, 0.1) is 18.3 Å². The van der Waals surface area contributed by atoms with Gasteiger partial charge in [0.1, 0.15) is 16.7 Å². The predicted octanol–water partition coefficient (Wildman–Crippen LogP) is 2.56. The van der Waals surface area contributed by atoms with E-state index in [9.17, 15) is 5.26 Å². The van der Waals surface area contributed by atoms with E-state index in [2.05, 4.69) is 22.6 Å². The summed E-state index contributed by atoms with van der Waals surface area (Å²) >= 11 is 1.46. The Balaban J connectivity index is 2.80. The minimum atomic E-state index is 0.531. The first-order chi connectivity index (χ1) is 8.10. The van der Waals surface area contributed by atoms with Gasteiger partial charge in [0.25, 0.3) is 0 Å². The Hall–Kier alpha value is -1.80. The van der Waals surface area contributed by atoms with E-state index in [1.165, 1.54) is 11.8 Å². The third-order valence-corrected chi connectivity index (χ3v) is 3.38. The number of aliphatic imine (C=N–C) groups is 1. The molecule has 0 bridgehead atoms. The number of hydrogen-bond donors (Lipinski definition) is 0. The van der Waals surface area contributed by atoms with Gasteiger partial charge >= 0.3 is 0 Å². The molecule has 0 amide bonds. The van der Waals surface area contributed by atoms with Crippen molar-refractivity contribution in [3.05, 3.63) is 23.4 Å². The van der Waals surface area contributed by atoms with Gasteiger partial charge in [0.15, 0.2) is 0 Å². The molecule has 0 unspecified atom stereocenters. The SMILES string of the molecule is C=C1c2c(C)nc(SC)c(C#N)c2N=CN1C. The lowest BCUT2D eigenvalue weighted by Gasteiger charge is -2.24. The summed E-state index contributed by atoms with van der Waals surface area (Å²) < 4.78 is 0. The molecule has 2 heterocycles. The molecule has 0 saturated carbocycles. The van der Waals surface area contributed by atoms with Crippen molar-refractivity contribution in [1.82, 2.24) is 9.88 Å². The van der Waals surface area contributed by atoms with Gasteiger partial charge in [0.2, 0.25) is 0 Å². The van der Waals surface area contributed by atoms with Crippen molar-refractivity contribution in [3.63, 3.8) is 0 Å². The maximum absolute atomic E-state index is 9.23. The first-order valence-electron chi connectivity index (χ1n) is 5.05. The van der Waals surface area contributed by atoms with Crippen molar-refractivity contribution in [3.8, 4) is 6.07 Å². The standard InChI is InChI=1S/C12H12N4S/c1-7-10-8(2)16(3)6-14-11(10)9(5-13)12(15-7)17-4/h6H,2H2,1,3-4H3. The Morgan fingerprint density at radius 3 is 2.82 bits per heavy atom. The fraction of sp³-hybridized carbons (Fsp3) is 0.250. The Morgan fingerprint density at radius 1 is 1.53 bits per heavy atom. The molecule has 0 aromatic carbocycles. The van der Waals surface area contributed by atoms with Crippen LogP contribution in [0.4, 0.5) is 5.69 Å². The van der Waals surface area contributed by atoms with Crippen LogP contribution in [0.25, 0.3) is 5.70 Å². The third kappa shape index (κ3) is 1.71. The van der Waals surface area contributed by atoms with Gasteiger partial charge in [-0.1, -0.05) is 6.58 Å². The molecule has 1 aliphatic rings. The van der Waals surface area contributed by atoms with Gasteiger partial charge in [-0.25, -0.2) is 9.98 Å². The van der Waals surface area contributed by atoms with Crippen LogP contribution in [-0.4, -0.2) is 29.5 Å². The fourth-order valence-electron chi connectivity index (χ4n) is 1.78. The topological polar surface area (TPSA) is 52.3 Å². The summed E-state index contributed by atoms with van der Waals surface area (Å²) in [5, 5.41) is 9.95. The summed E-state index contributed by atoms with van der Waals surface area (Å²) in [6.07, 6.45) is 3.58. The first-order valence-corrected chi connectivity index (χ1v) is 6.27. The lowest BCUT2D eigenvalue weighted by Crippen LogP contribution is -2.18. The van der Waals surface area contributed by atoms with Crippen molar-refractivity contribution >= 4 is 29.5 Å². The smallest absolute Gasteiger partial charge is 0.116 e. The molecular formula is C12H12N4S. The van der Waals surface area contributed by atoms with Crippen molar-refractivity contribution < 1.29 is 0 Å². The summed E-state index contributed by atoms with van der Waals surface area (Å²) in [5.41, 5.74) is 3.77. The summed E-state index contributed by atoms with van der Waals surface area (Å²) in [5.74, 6) is 0. The zero-order chi connectivity index (χ0) is 12.6. The second-order valence-electron chi connectivity index (χ2n) is 3.72. The van der Waals surface area contributed by atoms with E-state index in [-0.39, 0.29) is 0 Å². The average Bonchev–Trinajstić information content (AvgIpc) is 2.33. The van der Waals surface area contributed by atoms with E-state index in [4.69, 9.17) is 0 Å². The highest BCUT2D eigenvalue weighted by atomic mass is 32.2. The van der Waals surface area contributed by atoms with Gasteiger partial charge in [-0.3, -0.25) is 0 Å². The molecule has 0 radical (unpaired) electrons. The van der Waals surface area contributed by atoms with Crippen LogP contribution in [0.5, 0.6) is 0 Å². The lowest BCUT2D eigenvalue weighted by molar-refractivity contribution is 0.731. The average molecular weight is 244 g/mol. The predicted molar refractivity (Wildman–Crippen MR) is 70.4 cm³/mol. The highest BCUT2D eigenvalue weighted by Crippen LogP contribution is 2.38. The van der Waals surface area contributed by atoms with E-state index in [1.807, 2.05) is 25.1 Å². The summed E-state index contributed by atoms with van der Waals surface area (Å²) in [7, 11) is 1.88. The van der Waals surface area contributed by atoms with Crippen molar-refractivity contribution in [2.24, 2.45) is 4.99 Å². The van der Waals surface area contributed by atoms with Crippen molar-refractivity contribution in [1.29, 1.82) is 5.26 Å². The van der Waals surface area contributed by atoms with Gasteiger partial charge in [0.05, 0.1) is 17.7 Å². The van der Waals surface area contributed by atoms with E-state index in [0.717, 1.165) is 22.0 Å². The maximum atomic E-state index is 9.23. The molecule has 2 rings (SSSR count). The molecule has 0 atom stereocenters. The van der Waals surface area contributed by atoms with Gasteiger partial charge < -0.3 is 4.90 Å². The Labute approximate surface area is 105 Å². The molecule has 0 N–H and O–H groups in total. The molecule has 1 aromatic heterocycles. The number of nitrogens with zero attached hydrogens (tertiary/aromatic N) is 4. The molecule has 17 heavy (non-hydrogen) atoms. The van der Waals surface area contributed by atoms with Crippen molar-refractivity contribution in [2.45, 2.75) is 11.9 Å². The van der Waals surface area contributed by atoms with Crippen LogP contribution in [-0.2, 0) is 0 Å². The summed E-state index contributed by atoms with van der Waals surface area (Å²) in [4.78, 5) is 10.6. The molecule has 0 saturated heterocycles. The van der Waals surface area contributed by atoms with Gasteiger partial charge in [-0.05, 0) is 13.2 Å². The minimum absolute atomic E-state index is 0.531. The number of pyridine rings is 1. The number of aromatic nitrogens is 1. The highest BCUT2D eigenvalue weighted by molar-refractivity contribution is 7.98. The van der Waals surface area contributed by atoms with Crippen molar-refractivity contribution in [2.75, 3.05) is 13.3 Å². The van der Waals surface area contributed by atoms with Gasteiger partial charge in [-0.15, -0.1) is 11.8 Å². The second-order valence-corrected chi connectivity index (χ2v) is 4.51. The monoisotopic (exact) mass is 244 g/mol. The summed E-state index contributed by atoms with van der Waals surface area (Å²) in [6, 6.07) is 2.18. The minimum Gasteiger partial charge on any atom is -0.335 e. The maximum Gasteiger partial charge on any atom is 0.116 e. The quantitative estimate of drug-likeness (QED) is 0.712. The zero-order valence-electron chi connectivity index (χ0n) is 9.98. The van der Waals surface area contributed by atoms with Gasteiger partial charge in [-0.2, -0.15) is 5.26 Å². The number of aryl methyl sites for hydroxylation is 1. The van der Waals surface area contributed by atoms with E-state index < -0.39 is 0 Å². The number of thioether (sulfide) groups is 1. The number of hydrogen-bond acceptors (Lipinski definition) is 5. The normalized spacial score (nSPS) is 13.5. The fourth-order valence-corrected chi connectivity index (χ4v) is 2.35. The molecule has 86 valence electrons. The van der Waals surface area contributed by atoms with Crippen LogP contribution in [0.2, 0.25) is 0 Å². The number of rotatable bonds is 1. The molecule has 0 fully saturated rings. The summed E-state index contributed by atoms with van der Waals surface area (Å²) in [6.45, 7) is 5.92. The molecule has 1 aromatic rings. The molecule has 0 spiro atoms. The number of fused-ring (bicyclic) bond motifs is 1. The third-order valence-electron chi connectivity index (χ3n) is 2.70. The zero-order valence-corrected chi connectivity index (χ0v) is 10.8. The van der Waals surface area contributed by atoms with Crippen LogP contribution < -0.4 is 0 Å². The lowest BCUT2D eigenvalue weighted by atomic mass is 10.0. The van der Waals surface area contributed by atoms with E-state index >= 15 is 0 Å². The molecule has 1 aliphatic heterocycles. The van der Waals surface area contributed by atoms with Crippen LogP contribution in [0.1, 0.15) is 16.8 Å². The van der Waals surface area contributed by atoms with E-state index in [1.54, 1.807) is 6.34 Å².